The summed E-state index contributed by atoms with van der Waals surface area (Å²) in [6, 6.07) is 17.8. The van der Waals surface area contributed by atoms with Crippen LogP contribution >= 0.6 is 0 Å². The summed E-state index contributed by atoms with van der Waals surface area (Å²) >= 11 is 0. The highest BCUT2D eigenvalue weighted by Crippen LogP contribution is 2.28. The van der Waals surface area contributed by atoms with Gasteiger partial charge in [-0.05, 0) is 51.0 Å². The molecule has 176 valence electrons. The molecule has 0 spiro atoms. The zero-order valence-electron chi connectivity index (χ0n) is 19.7. The molecule has 2 heterocycles. The summed E-state index contributed by atoms with van der Waals surface area (Å²) in [6.07, 6.45) is 1.02. The van der Waals surface area contributed by atoms with E-state index in [1.165, 1.54) is 6.33 Å². The van der Waals surface area contributed by atoms with Crippen molar-refractivity contribution in [1.29, 1.82) is 0 Å². The molecule has 2 aromatic heterocycles. The predicted octanol–water partition coefficient (Wildman–Crippen LogP) is 5.49. The predicted molar refractivity (Wildman–Crippen MR) is 134 cm³/mol. The van der Waals surface area contributed by atoms with Gasteiger partial charge in [0.15, 0.2) is 11.5 Å². The average molecular weight is 460 g/mol. The van der Waals surface area contributed by atoms with Gasteiger partial charge in [0.05, 0.1) is 0 Å². The van der Waals surface area contributed by atoms with Crippen LogP contribution in [0.2, 0.25) is 0 Å². The number of nitrogens with one attached hydrogen (secondary N) is 4. The van der Waals surface area contributed by atoms with E-state index in [2.05, 4.69) is 55.2 Å². The van der Waals surface area contributed by atoms with Crippen LogP contribution < -0.4 is 16.0 Å². The van der Waals surface area contributed by atoms with Crippen molar-refractivity contribution in [3.8, 4) is 0 Å². The molecular weight excluding hydrogens is 430 g/mol. The van der Waals surface area contributed by atoms with Crippen molar-refractivity contribution in [3.05, 3.63) is 72.1 Å². The van der Waals surface area contributed by atoms with Crippen LogP contribution in [0.3, 0.4) is 0 Å². The third-order valence-electron chi connectivity index (χ3n) is 5.04. The Hall–Kier alpha value is -4.14. The van der Waals surface area contributed by atoms with Gasteiger partial charge in [0.25, 0.3) is 0 Å². The molecule has 0 fully saturated rings. The minimum absolute atomic E-state index is 0.0534. The zero-order chi connectivity index (χ0) is 24.1. The summed E-state index contributed by atoms with van der Waals surface area (Å²) in [5, 5.41) is 17.7. The molecule has 4 N–H and O–H groups in total. The fraction of sp³-hybridized carbons (Fsp3) is 0.280. The first-order valence-electron chi connectivity index (χ1n) is 11.1. The number of carbonyl (C=O) groups is 1. The Morgan fingerprint density at radius 3 is 2.62 bits per heavy atom. The first-order chi connectivity index (χ1) is 16.3. The number of aromatic nitrogens is 4. The number of H-pyrrole nitrogens is 1. The summed E-state index contributed by atoms with van der Waals surface area (Å²) in [7, 11) is 0. The number of hydrogen-bond acceptors (Lipinski definition) is 7. The molecule has 0 aliphatic carbocycles. The smallest absolute Gasteiger partial charge is 0.412 e. The topological polar surface area (TPSA) is 117 Å². The molecule has 34 heavy (non-hydrogen) atoms. The van der Waals surface area contributed by atoms with E-state index in [-0.39, 0.29) is 6.04 Å². The van der Waals surface area contributed by atoms with Crippen molar-refractivity contribution in [2.75, 3.05) is 16.0 Å². The van der Waals surface area contributed by atoms with Crippen LogP contribution in [-0.4, -0.2) is 31.9 Å². The van der Waals surface area contributed by atoms with Gasteiger partial charge < -0.3 is 15.4 Å². The van der Waals surface area contributed by atoms with Crippen molar-refractivity contribution in [3.63, 3.8) is 0 Å². The second kappa shape index (κ2) is 9.78. The van der Waals surface area contributed by atoms with Gasteiger partial charge in [-0.3, -0.25) is 10.4 Å². The lowest BCUT2D eigenvalue weighted by Crippen LogP contribution is -2.27. The average Bonchev–Trinajstić information content (AvgIpc) is 3.21. The number of ether oxygens (including phenoxy) is 1. The standard InChI is InChI=1S/C25H29N7O2/c1-16(18-10-6-5-7-11-18)29-21-20-22(31-32-23(20)28-15-27-21)26-14-17-9-8-12-19(13-17)30-24(33)34-25(2,3)4/h5-13,15-16H,14H2,1-4H3,(H,30,33)(H3,26,27,28,29,31,32)/t16-/m0/s1. The number of carbonyl (C=O) groups excluding carboxylic acids is 1. The fourth-order valence-corrected chi connectivity index (χ4v) is 3.49. The normalized spacial score (nSPS) is 12.2. The molecule has 0 unspecified atom stereocenters. The summed E-state index contributed by atoms with van der Waals surface area (Å²) < 4.78 is 5.32. The largest absolute Gasteiger partial charge is 0.444 e. The molecule has 0 saturated carbocycles. The number of amides is 1. The third-order valence-corrected chi connectivity index (χ3v) is 5.04. The molecule has 1 amide bonds. The van der Waals surface area contributed by atoms with E-state index in [9.17, 15) is 4.79 Å². The van der Waals surface area contributed by atoms with Gasteiger partial charge in [0.2, 0.25) is 0 Å². The van der Waals surface area contributed by atoms with Crippen molar-refractivity contribution in [2.24, 2.45) is 0 Å². The quantitative estimate of drug-likeness (QED) is 0.289. The van der Waals surface area contributed by atoms with E-state index in [1.54, 1.807) is 0 Å². The number of anilines is 3. The Kier molecular flexibility index (Phi) is 6.62. The lowest BCUT2D eigenvalue weighted by atomic mass is 10.1. The van der Waals surface area contributed by atoms with Crippen LogP contribution in [0.1, 0.15) is 44.9 Å². The summed E-state index contributed by atoms with van der Waals surface area (Å²) in [4.78, 5) is 20.8. The maximum Gasteiger partial charge on any atom is 0.412 e. The minimum atomic E-state index is -0.559. The molecule has 0 aliphatic heterocycles. The van der Waals surface area contributed by atoms with E-state index in [0.29, 0.717) is 29.5 Å². The summed E-state index contributed by atoms with van der Waals surface area (Å²) in [6.45, 7) is 8.06. The molecule has 0 bridgehead atoms. The first-order valence-corrected chi connectivity index (χ1v) is 11.1. The lowest BCUT2D eigenvalue weighted by Gasteiger charge is -2.19. The molecule has 9 nitrogen and oxygen atoms in total. The van der Waals surface area contributed by atoms with Gasteiger partial charge in [-0.2, -0.15) is 5.10 Å². The summed E-state index contributed by atoms with van der Waals surface area (Å²) in [5.74, 6) is 1.34. The Balaban J connectivity index is 1.48. The Morgan fingerprint density at radius 1 is 1.06 bits per heavy atom. The SMILES string of the molecule is C[C@H](Nc1ncnc2[nH]nc(NCc3cccc(NC(=O)OC(C)(C)C)c3)c12)c1ccccc1. The third kappa shape index (κ3) is 5.80. The van der Waals surface area contributed by atoms with Gasteiger partial charge in [0.1, 0.15) is 23.1 Å². The molecule has 0 radical (unpaired) electrons. The van der Waals surface area contributed by atoms with Crippen LogP contribution in [0.5, 0.6) is 0 Å². The molecule has 0 saturated heterocycles. The second-order valence-corrected chi connectivity index (χ2v) is 8.98. The number of aromatic amines is 1. The van der Waals surface area contributed by atoms with E-state index in [4.69, 9.17) is 4.74 Å². The van der Waals surface area contributed by atoms with Crippen LogP contribution in [-0.2, 0) is 11.3 Å². The Morgan fingerprint density at radius 2 is 1.85 bits per heavy atom. The number of rotatable bonds is 7. The number of benzene rings is 2. The van der Waals surface area contributed by atoms with Gasteiger partial charge in [-0.1, -0.05) is 42.5 Å². The van der Waals surface area contributed by atoms with E-state index < -0.39 is 11.7 Å². The van der Waals surface area contributed by atoms with E-state index in [0.717, 1.165) is 16.5 Å². The molecule has 2 aromatic carbocycles. The van der Waals surface area contributed by atoms with Crippen LogP contribution in [0, 0.1) is 0 Å². The van der Waals surface area contributed by atoms with Crippen LogP contribution in [0.4, 0.5) is 22.1 Å². The van der Waals surface area contributed by atoms with Crippen LogP contribution in [0.15, 0.2) is 60.9 Å². The second-order valence-electron chi connectivity index (χ2n) is 8.98. The van der Waals surface area contributed by atoms with Crippen LogP contribution in [0.25, 0.3) is 11.0 Å². The Bertz CT molecular complexity index is 1270. The monoisotopic (exact) mass is 459 g/mol. The van der Waals surface area contributed by atoms with Crippen molar-refractivity contribution in [2.45, 2.75) is 45.9 Å². The highest BCUT2D eigenvalue weighted by molar-refractivity contribution is 5.96. The van der Waals surface area contributed by atoms with Crippen molar-refractivity contribution in [1.82, 2.24) is 20.2 Å². The minimum Gasteiger partial charge on any atom is -0.444 e. The van der Waals surface area contributed by atoms with Gasteiger partial charge in [0, 0.05) is 18.3 Å². The number of nitrogens with zero attached hydrogens (tertiary/aromatic N) is 3. The van der Waals surface area contributed by atoms with E-state index in [1.807, 2.05) is 63.2 Å². The van der Waals surface area contributed by atoms with Gasteiger partial charge in [-0.25, -0.2) is 14.8 Å². The number of hydrogen-bond donors (Lipinski definition) is 4. The maximum absolute atomic E-state index is 12.1. The van der Waals surface area contributed by atoms with Gasteiger partial charge in [-0.15, -0.1) is 0 Å². The lowest BCUT2D eigenvalue weighted by molar-refractivity contribution is 0.0636. The maximum atomic E-state index is 12.1. The molecular formula is C25H29N7O2. The summed E-state index contributed by atoms with van der Waals surface area (Å²) in [5.41, 5.74) is 2.86. The Labute approximate surface area is 198 Å². The molecule has 4 rings (SSSR count). The fourth-order valence-electron chi connectivity index (χ4n) is 3.49. The highest BCUT2D eigenvalue weighted by Gasteiger charge is 2.17. The molecule has 1 atom stereocenters. The van der Waals surface area contributed by atoms with E-state index >= 15 is 0 Å². The first kappa shape index (κ1) is 23.0. The number of fused-ring (bicyclic) bond motifs is 1. The zero-order valence-corrected chi connectivity index (χ0v) is 19.7. The van der Waals surface area contributed by atoms with Gasteiger partial charge >= 0.3 is 6.09 Å². The highest BCUT2D eigenvalue weighted by atomic mass is 16.6. The molecule has 9 heteroatoms. The van der Waals surface area contributed by atoms with Crippen molar-refractivity contribution < 1.29 is 9.53 Å². The van der Waals surface area contributed by atoms with Crippen molar-refractivity contribution >= 4 is 34.4 Å². The molecule has 4 aromatic rings. The molecule has 0 aliphatic rings.